The van der Waals surface area contributed by atoms with Crippen molar-refractivity contribution in [1.29, 1.82) is 0 Å². The number of carboxylic acid groups (broad SMARTS) is 1. The largest absolute Gasteiger partial charge is 0.497 e. The van der Waals surface area contributed by atoms with Crippen LogP contribution >= 0.6 is 11.3 Å². The van der Waals surface area contributed by atoms with Crippen molar-refractivity contribution in [3.8, 4) is 11.5 Å². The van der Waals surface area contributed by atoms with Crippen LogP contribution in [0.2, 0.25) is 0 Å². The molecule has 2 heterocycles. The number of aliphatic hydroxyl groups excluding tert-OH is 2. The lowest BCUT2D eigenvalue weighted by Crippen LogP contribution is -2.46. The third-order valence-corrected chi connectivity index (χ3v) is 10.4. The number of carbonyl (C=O) groups excluding carboxylic acids is 1. The molecule has 5 aromatic rings. The molecule has 0 aliphatic rings. The maximum atomic E-state index is 15.2. The Morgan fingerprint density at radius 2 is 1.69 bits per heavy atom. The summed E-state index contributed by atoms with van der Waals surface area (Å²) < 4.78 is 89.9. The molecule has 15 nitrogen and oxygen atoms in total. The number of alkyl halides is 4. The number of nitrogens with zero attached hydrogens (tertiary/aromatic N) is 4. The number of aromatic nitrogens is 4. The van der Waals surface area contributed by atoms with Crippen LogP contribution in [0.5, 0.6) is 11.5 Å². The number of hydrogen-bond donors (Lipinski definition) is 5. The molecule has 3 unspecified atom stereocenters. The van der Waals surface area contributed by atoms with Crippen LogP contribution in [-0.2, 0) is 45.2 Å². The molecule has 2 aromatic heterocycles. The van der Waals surface area contributed by atoms with Gasteiger partial charge >= 0.3 is 12.1 Å². The molecule has 0 aliphatic heterocycles. The van der Waals surface area contributed by atoms with E-state index < -0.39 is 68.9 Å². The molecule has 5 rings (SSSR count). The fourth-order valence-electron chi connectivity index (χ4n) is 5.24. The second-order valence-corrected chi connectivity index (χ2v) is 14.6. The molecule has 0 bridgehead atoms. The molecular formula is C33H32F4N6O9S2. The molecule has 54 heavy (non-hydrogen) atoms. The highest BCUT2D eigenvalue weighted by Crippen LogP contribution is 2.37. The Morgan fingerprint density at radius 1 is 1.04 bits per heavy atom. The van der Waals surface area contributed by atoms with Crippen molar-refractivity contribution in [2.75, 3.05) is 13.7 Å². The summed E-state index contributed by atoms with van der Waals surface area (Å²) in [5.41, 5.74) is -0.319. The maximum absolute atomic E-state index is 15.2. The monoisotopic (exact) mass is 796 g/mol. The van der Waals surface area contributed by atoms with Gasteiger partial charge in [-0.1, -0.05) is 29.5 Å². The second-order valence-electron chi connectivity index (χ2n) is 11.9. The lowest BCUT2D eigenvalue weighted by Gasteiger charge is -2.21. The van der Waals surface area contributed by atoms with E-state index in [0.717, 1.165) is 30.3 Å². The fourth-order valence-corrected chi connectivity index (χ4v) is 6.95. The molecule has 0 spiro atoms. The minimum atomic E-state index is -4.59. The van der Waals surface area contributed by atoms with Gasteiger partial charge < -0.3 is 30.1 Å². The Kier molecular flexibility index (Phi) is 12.2. The van der Waals surface area contributed by atoms with Crippen molar-refractivity contribution in [3.63, 3.8) is 0 Å². The average molecular weight is 797 g/mol. The number of thiazole rings is 1. The van der Waals surface area contributed by atoms with Gasteiger partial charge in [-0.25, -0.2) is 32.4 Å². The van der Waals surface area contributed by atoms with Crippen LogP contribution in [0.4, 0.5) is 17.6 Å². The third kappa shape index (κ3) is 9.65. The van der Waals surface area contributed by atoms with Crippen LogP contribution in [0, 0.1) is 0 Å². The molecule has 3 aromatic carbocycles. The first-order valence-corrected chi connectivity index (χ1v) is 18.1. The second kappa shape index (κ2) is 16.4. The Balaban J connectivity index is 1.39. The van der Waals surface area contributed by atoms with Crippen molar-refractivity contribution in [1.82, 2.24) is 25.3 Å². The van der Waals surface area contributed by atoms with Crippen LogP contribution in [0.1, 0.15) is 40.2 Å². The summed E-state index contributed by atoms with van der Waals surface area (Å²) in [6.07, 6.45) is -7.65. The van der Waals surface area contributed by atoms with E-state index in [1.54, 1.807) is 24.3 Å². The predicted molar refractivity (Wildman–Crippen MR) is 183 cm³/mol. The van der Waals surface area contributed by atoms with E-state index in [2.05, 4.69) is 20.6 Å². The maximum Gasteiger partial charge on any atom is 0.416 e. The number of methoxy groups -OCH3 is 1. The molecule has 21 heteroatoms. The zero-order valence-corrected chi connectivity index (χ0v) is 29.6. The van der Waals surface area contributed by atoms with E-state index >= 15 is 4.39 Å². The molecule has 288 valence electrons. The highest BCUT2D eigenvalue weighted by Gasteiger charge is 2.32. The van der Waals surface area contributed by atoms with Crippen LogP contribution in [0.25, 0.3) is 10.2 Å². The van der Waals surface area contributed by atoms with Gasteiger partial charge in [0.2, 0.25) is 10.2 Å². The molecule has 0 radical (unpaired) electrons. The van der Waals surface area contributed by atoms with Crippen molar-refractivity contribution in [2.24, 2.45) is 5.14 Å². The Morgan fingerprint density at radius 3 is 2.28 bits per heavy atom. The number of carbonyl (C=O) groups is 2. The van der Waals surface area contributed by atoms with Gasteiger partial charge in [0.1, 0.15) is 42.0 Å². The van der Waals surface area contributed by atoms with Gasteiger partial charge in [-0.3, -0.25) is 4.79 Å². The summed E-state index contributed by atoms with van der Waals surface area (Å²) >= 11 is 0.628. The zero-order valence-electron chi connectivity index (χ0n) is 28.0. The van der Waals surface area contributed by atoms with Crippen molar-refractivity contribution in [3.05, 3.63) is 94.8 Å². The first kappa shape index (κ1) is 40.0. The standard InChI is InChI=1S/C33H32F4N6O9S2/c1-51-21-8-4-18(5-9-21)11-25(30(46)39-24(31(47)48)10-17-2-6-19(7-3-17)33(35,36)37)43-14-20(41-42-43)16-52-22-12-23(28(34)26(45)15-44)29-27(13-22)53-32(40-29)54(38,49)50/h2-9,12-14,24-26,28,44-45H,10-11,15-16H2,1H3,(H,39,46)(H,47,48)(H2,38,49,50)/t24?,25?,26-,28?/m1/s1. The van der Waals surface area contributed by atoms with Gasteiger partial charge in [0, 0.05) is 18.4 Å². The first-order valence-electron chi connectivity index (χ1n) is 15.7. The molecular weight excluding hydrogens is 765 g/mol. The van der Waals surface area contributed by atoms with Crippen LogP contribution in [-0.4, -0.2) is 81.5 Å². The number of amides is 1. The van der Waals surface area contributed by atoms with Gasteiger partial charge in [0.15, 0.2) is 6.17 Å². The Labute approximate surface area is 308 Å². The zero-order chi connectivity index (χ0) is 39.4. The fraction of sp³-hybridized carbons (Fsp3) is 0.303. The number of hydrogen-bond acceptors (Lipinski definition) is 12. The number of halogens is 4. The van der Waals surface area contributed by atoms with E-state index in [1.165, 1.54) is 24.1 Å². The van der Waals surface area contributed by atoms with Crippen molar-refractivity contribution in [2.45, 2.75) is 54.3 Å². The normalized spacial score (nSPS) is 14.3. The van der Waals surface area contributed by atoms with E-state index in [9.17, 15) is 46.5 Å². The molecule has 0 saturated heterocycles. The highest BCUT2D eigenvalue weighted by molar-refractivity contribution is 7.91. The van der Waals surface area contributed by atoms with Gasteiger partial charge in [-0.05, 0) is 47.5 Å². The SMILES string of the molecule is COc1ccc(CC(C(=O)NC(Cc2ccc(C(F)(F)F)cc2)C(=O)O)n2cc(COc3cc(C(F)[C@H](O)CO)c4nc(S(N)(=O)=O)sc4c3)nn2)cc1. The van der Waals surface area contributed by atoms with Crippen molar-refractivity contribution >= 4 is 43.5 Å². The smallest absolute Gasteiger partial charge is 0.416 e. The molecule has 0 aliphatic carbocycles. The first-order chi connectivity index (χ1) is 25.5. The summed E-state index contributed by atoms with van der Waals surface area (Å²) in [6, 6.07) is 10.3. The number of carboxylic acids is 1. The Hall–Kier alpha value is -5.22. The lowest BCUT2D eigenvalue weighted by molar-refractivity contribution is -0.142. The highest BCUT2D eigenvalue weighted by atomic mass is 32.2. The predicted octanol–water partition coefficient (Wildman–Crippen LogP) is 3.10. The number of nitrogens with two attached hydrogens (primary N) is 1. The number of aliphatic carboxylic acids is 1. The minimum absolute atomic E-state index is 0.00967. The lowest BCUT2D eigenvalue weighted by atomic mass is 10.0. The Bertz CT molecular complexity index is 2220. The molecule has 4 atom stereocenters. The molecule has 0 saturated carbocycles. The number of ether oxygens (including phenoxy) is 2. The number of fused-ring (bicyclic) bond motifs is 1. The molecule has 0 fully saturated rings. The number of rotatable bonds is 16. The van der Waals surface area contributed by atoms with E-state index in [1.807, 2.05) is 0 Å². The summed E-state index contributed by atoms with van der Waals surface area (Å²) in [5.74, 6) is -1.71. The molecule has 6 N–H and O–H groups in total. The van der Waals surface area contributed by atoms with Gasteiger partial charge in [0.25, 0.3) is 10.0 Å². The number of nitrogens with one attached hydrogen (secondary N) is 1. The summed E-state index contributed by atoms with van der Waals surface area (Å²) in [5, 5.41) is 44.9. The number of aliphatic hydroxyl groups is 2. The number of primary sulfonamides is 1. The number of sulfonamides is 1. The van der Waals surface area contributed by atoms with Crippen LogP contribution < -0.4 is 19.9 Å². The van der Waals surface area contributed by atoms with E-state index in [4.69, 9.17) is 14.6 Å². The number of benzene rings is 3. The van der Waals surface area contributed by atoms with Crippen LogP contribution in [0.15, 0.2) is 71.2 Å². The van der Waals surface area contributed by atoms with Gasteiger partial charge in [0.05, 0.1) is 35.7 Å². The summed E-state index contributed by atoms with van der Waals surface area (Å²) in [6.45, 7) is -1.27. The average Bonchev–Trinajstić information content (AvgIpc) is 3.79. The van der Waals surface area contributed by atoms with E-state index in [-0.39, 0.29) is 52.2 Å². The molecule has 1 amide bonds. The van der Waals surface area contributed by atoms with Crippen LogP contribution in [0.3, 0.4) is 0 Å². The van der Waals surface area contributed by atoms with Gasteiger partial charge in [-0.2, -0.15) is 13.2 Å². The van der Waals surface area contributed by atoms with Crippen molar-refractivity contribution < 1.29 is 60.4 Å². The summed E-state index contributed by atoms with van der Waals surface area (Å²) in [4.78, 5) is 29.8. The summed E-state index contributed by atoms with van der Waals surface area (Å²) in [7, 11) is -2.80. The minimum Gasteiger partial charge on any atom is -0.497 e. The van der Waals surface area contributed by atoms with E-state index in [0.29, 0.717) is 22.6 Å². The topological polar surface area (TPSA) is 229 Å². The van der Waals surface area contributed by atoms with Gasteiger partial charge in [-0.15, -0.1) is 16.4 Å². The quantitative estimate of drug-likeness (QED) is 0.0908. The third-order valence-electron chi connectivity index (χ3n) is 8.03.